The molecule has 0 amide bonds. The van der Waals surface area contributed by atoms with Crippen molar-refractivity contribution >= 4 is 32.9 Å². The Kier molecular flexibility index (Phi) is 5.14. The van der Waals surface area contributed by atoms with Crippen LogP contribution >= 0.6 is 0 Å². The summed E-state index contributed by atoms with van der Waals surface area (Å²) in [7, 11) is 0. The second kappa shape index (κ2) is 9.11. The quantitative estimate of drug-likeness (QED) is 0.235. The predicted molar refractivity (Wildman–Crippen MR) is 165 cm³/mol. The van der Waals surface area contributed by atoms with E-state index in [4.69, 9.17) is 9.40 Å². The largest absolute Gasteiger partial charge is 0.436 e. The van der Waals surface area contributed by atoms with E-state index in [2.05, 4.69) is 126 Å². The molecule has 2 aromatic heterocycles. The van der Waals surface area contributed by atoms with E-state index in [1.165, 1.54) is 32.9 Å². The Morgan fingerprint density at radius 1 is 0.450 bits per heavy atom. The van der Waals surface area contributed by atoms with Crippen LogP contribution in [0, 0.1) is 0 Å². The van der Waals surface area contributed by atoms with Gasteiger partial charge in [-0.15, -0.1) is 0 Å². The minimum Gasteiger partial charge on any atom is -0.436 e. The Labute approximate surface area is 231 Å². The van der Waals surface area contributed by atoms with Crippen LogP contribution in [0.1, 0.15) is 0 Å². The van der Waals surface area contributed by atoms with E-state index in [-0.39, 0.29) is 0 Å². The molecule has 3 heteroatoms. The topological polar surface area (TPSA) is 31.0 Å². The van der Waals surface area contributed by atoms with E-state index in [1.54, 1.807) is 0 Å². The van der Waals surface area contributed by atoms with Crippen LogP contribution in [0.5, 0.6) is 0 Å². The molecule has 6 aromatic carbocycles. The van der Waals surface area contributed by atoms with Gasteiger partial charge in [-0.3, -0.25) is 0 Å². The molecule has 0 N–H and O–H groups in total. The number of oxazole rings is 1. The van der Waals surface area contributed by atoms with Crippen LogP contribution in [0.4, 0.5) is 0 Å². The zero-order valence-electron chi connectivity index (χ0n) is 21.7. The lowest BCUT2D eigenvalue weighted by Gasteiger charge is -2.09. The summed E-state index contributed by atoms with van der Waals surface area (Å²) in [6.45, 7) is 0. The molecule has 3 nitrogen and oxygen atoms in total. The fraction of sp³-hybridized carbons (Fsp3) is 0. The third kappa shape index (κ3) is 3.71. The van der Waals surface area contributed by atoms with E-state index >= 15 is 0 Å². The first-order chi connectivity index (χ1) is 19.8. The van der Waals surface area contributed by atoms with Crippen LogP contribution in [0.3, 0.4) is 0 Å². The number of benzene rings is 6. The zero-order valence-corrected chi connectivity index (χ0v) is 21.7. The summed E-state index contributed by atoms with van der Waals surface area (Å²) < 4.78 is 8.45. The minimum atomic E-state index is 0.633. The van der Waals surface area contributed by atoms with Crippen LogP contribution in [-0.4, -0.2) is 9.55 Å². The maximum Gasteiger partial charge on any atom is 0.227 e. The van der Waals surface area contributed by atoms with Crippen molar-refractivity contribution in [2.45, 2.75) is 0 Å². The van der Waals surface area contributed by atoms with Gasteiger partial charge in [0.05, 0.1) is 11.0 Å². The molecule has 40 heavy (non-hydrogen) atoms. The highest BCUT2D eigenvalue weighted by atomic mass is 16.3. The third-order valence-electron chi connectivity index (χ3n) is 7.67. The Morgan fingerprint density at radius 3 is 1.65 bits per heavy atom. The summed E-state index contributed by atoms with van der Waals surface area (Å²) in [5, 5.41) is 2.54. The monoisotopic (exact) mass is 512 g/mol. The Hall–Kier alpha value is -5.41. The number of hydrogen-bond donors (Lipinski definition) is 0. The molecular weight excluding hydrogens is 488 g/mol. The number of rotatable bonds is 4. The van der Waals surface area contributed by atoms with Gasteiger partial charge in [-0.2, -0.15) is 0 Å². The maximum absolute atomic E-state index is 6.10. The fourth-order valence-corrected chi connectivity index (χ4v) is 5.67. The van der Waals surface area contributed by atoms with E-state index in [0.717, 1.165) is 33.5 Å². The predicted octanol–water partition coefficient (Wildman–Crippen LogP) is 9.93. The Morgan fingerprint density at radius 2 is 0.975 bits per heavy atom. The van der Waals surface area contributed by atoms with Gasteiger partial charge >= 0.3 is 0 Å². The summed E-state index contributed by atoms with van der Waals surface area (Å²) in [5.41, 5.74) is 10.8. The first-order valence-corrected chi connectivity index (χ1v) is 13.5. The average molecular weight is 513 g/mol. The first kappa shape index (κ1) is 22.6. The summed E-state index contributed by atoms with van der Waals surface area (Å²) in [5.74, 6) is 0.633. The summed E-state index contributed by atoms with van der Waals surface area (Å²) in [6.07, 6.45) is 0. The van der Waals surface area contributed by atoms with Gasteiger partial charge < -0.3 is 8.98 Å². The Bertz CT molecular complexity index is 2080. The lowest BCUT2D eigenvalue weighted by Crippen LogP contribution is -1.93. The molecular formula is C37H24N2O. The molecule has 0 saturated heterocycles. The zero-order chi connectivity index (χ0) is 26.5. The summed E-state index contributed by atoms with van der Waals surface area (Å²) >= 11 is 0. The van der Waals surface area contributed by atoms with Crippen LogP contribution in [0.25, 0.3) is 72.3 Å². The van der Waals surface area contributed by atoms with Crippen molar-refractivity contribution in [3.8, 4) is 39.4 Å². The van der Waals surface area contributed by atoms with Gasteiger partial charge in [0.2, 0.25) is 5.89 Å². The van der Waals surface area contributed by atoms with Crippen LogP contribution in [0.15, 0.2) is 150 Å². The van der Waals surface area contributed by atoms with Crippen molar-refractivity contribution in [1.82, 2.24) is 9.55 Å². The first-order valence-electron chi connectivity index (χ1n) is 13.5. The molecule has 0 radical (unpaired) electrons. The van der Waals surface area contributed by atoms with Crippen molar-refractivity contribution in [3.63, 3.8) is 0 Å². The number of fused-ring (bicyclic) bond motifs is 4. The van der Waals surface area contributed by atoms with E-state index in [0.29, 0.717) is 5.89 Å². The minimum absolute atomic E-state index is 0.633. The molecule has 8 rings (SSSR count). The lowest BCUT2D eigenvalue weighted by molar-refractivity contribution is 0.620. The third-order valence-corrected chi connectivity index (χ3v) is 7.67. The van der Waals surface area contributed by atoms with E-state index < -0.39 is 0 Å². The molecule has 188 valence electrons. The molecule has 0 spiro atoms. The second-order valence-electron chi connectivity index (χ2n) is 10.1. The molecule has 0 fully saturated rings. The molecule has 0 bridgehead atoms. The number of aromatic nitrogens is 2. The van der Waals surface area contributed by atoms with Gasteiger partial charge in [0.1, 0.15) is 5.52 Å². The van der Waals surface area contributed by atoms with Crippen molar-refractivity contribution in [2.24, 2.45) is 0 Å². The van der Waals surface area contributed by atoms with Crippen LogP contribution in [-0.2, 0) is 0 Å². The average Bonchev–Trinajstić information content (AvgIpc) is 3.61. The highest BCUT2D eigenvalue weighted by molar-refractivity contribution is 6.09. The molecule has 8 aromatic rings. The van der Waals surface area contributed by atoms with Gasteiger partial charge in [0, 0.05) is 22.0 Å². The van der Waals surface area contributed by atoms with Crippen molar-refractivity contribution in [1.29, 1.82) is 0 Å². The Balaban J connectivity index is 1.10. The van der Waals surface area contributed by atoms with Gasteiger partial charge in [0.15, 0.2) is 5.58 Å². The molecule has 2 heterocycles. The fourth-order valence-electron chi connectivity index (χ4n) is 5.67. The normalized spacial score (nSPS) is 11.5. The number of nitrogens with zero attached hydrogens (tertiary/aromatic N) is 2. The smallest absolute Gasteiger partial charge is 0.227 e. The van der Waals surface area contributed by atoms with Crippen molar-refractivity contribution in [3.05, 3.63) is 146 Å². The molecule has 0 unspecified atom stereocenters. The summed E-state index contributed by atoms with van der Waals surface area (Å²) in [4.78, 5) is 4.79. The van der Waals surface area contributed by atoms with Crippen LogP contribution < -0.4 is 0 Å². The maximum atomic E-state index is 6.10. The molecule has 0 aliphatic heterocycles. The number of para-hydroxylation sites is 2. The van der Waals surface area contributed by atoms with Gasteiger partial charge in [-0.25, -0.2) is 4.98 Å². The van der Waals surface area contributed by atoms with Gasteiger partial charge in [-0.05, 0) is 70.8 Å². The van der Waals surface area contributed by atoms with Gasteiger partial charge in [-0.1, -0.05) is 97.1 Å². The molecule has 0 saturated carbocycles. The van der Waals surface area contributed by atoms with Gasteiger partial charge in [0.25, 0.3) is 0 Å². The highest BCUT2D eigenvalue weighted by Gasteiger charge is 2.12. The SMILES string of the molecule is c1ccc(-c2ccc3oc(-c4ccc(-c5ccc(-n6c7ccccc7c7ccccc76)cc5)cc4)nc3c2)cc1. The van der Waals surface area contributed by atoms with Crippen molar-refractivity contribution in [2.75, 3.05) is 0 Å². The summed E-state index contributed by atoms with van der Waals surface area (Å²) in [6, 6.07) is 50.9. The standard InChI is InChI=1S/C37H24N2O/c1-2-8-25(9-3-1)29-20-23-36-33(24-29)38-37(40-36)28-16-14-26(15-17-28)27-18-21-30(22-19-27)39-34-12-6-4-10-31(34)32-11-5-7-13-35(32)39/h1-24H. The lowest BCUT2D eigenvalue weighted by atomic mass is 10.0. The van der Waals surface area contributed by atoms with E-state index in [9.17, 15) is 0 Å². The number of hydrogen-bond acceptors (Lipinski definition) is 2. The second-order valence-corrected chi connectivity index (χ2v) is 10.1. The molecule has 0 aliphatic carbocycles. The van der Waals surface area contributed by atoms with Crippen molar-refractivity contribution < 1.29 is 4.42 Å². The van der Waals surface area contributed by atoms with Crippen LogP contribution in [0.2, 0.25) is 0 Å². The molecule has 0 atom stereocenters. The van der Waals surface area contributed by atoms with E-state index in [1.807, 2.05) is 24.3 Å². The molecule has 0 aliphatic rings. The highest BCUT2D eigenvalue weighted by Crippen LogP contribution is 2.33.